The summed E-state index contributed by atoms with van der Waals surface area (Å²) in [6.45, 7) is 8.09. The maximum atomic E-state index is 5.40. The van der Waals surface area contributed by atoms with Gasteiger partial charge < -0.3 is 15.0 Å². The predicted molar refractivity (Wildman–Crippen MR) is 88.3 cm³/mol. The van der Waals surface area contributed by atoms with E-state index in [4.69, 9.17) is 4.74 Å². The summed E-state index contributed by atoms with van der Waals surface area (Å²) in [5.74, 6) is 2.63. The third kappa shape index (κ3) is 3.74. The Kier molecular flexibility index (Phi) is 4.53. The number of rotatable bonds is 4. The molecule has 116 valence electrons. The summed E-state index contributed by atoms with van der Waals surface area (Å²) in [5.41, 5.74) is 2.52. The van der Waals surface area contributed by atoms with Gasteiger partial charge in [0.25, 0.3) is 0 Å². The second kappa shape index (κ2) is 6.75. The lowest BCUT2D eigenvalue weighted by Crippen LogP contribution is -2.37. The van der Waals surface area contributed by atoms with E-state index < -0.39 is 0 Å². The Balaban J connectivity index is 1.71. The van der Waals surface area contributed by atoms with Crippen LogP contribution >= 0.6 is 0 Å². The standard InChI is InChI=1S/C17H22N4O/c1-13-4-3-5-15(10-13)12-18-16-11-17(20-14(2)19-16)21-6-8-22-9-7-21/h3-5,10-11H,6-9,12H2,1-2H3,(H,18,19,20). The van der Waals surface area contributed by atoms with Crippen molar-refractivity contribution in [3.05, 3.63) is 47.3 Å². The van der Waals surface area contributed by atoms with Gasteiger partial charge in [0.15, 0.2) is 0 Å². The number of nitrogens with zero attached hydrogens (tertiary/aromatic N) is 3. The molecule has 0 aliphatic carbocycles. The molecule has 0 saturated carbocycles. The van der Waals surface area contributed by atoms with Crippen LogP contribution in [-0.2, 0) is 11.3 Å². The SMILES string of the molecule is Cc1cccc(CNc2cc(N3CCOCC3)nc(C)n2)c1. The Morgan fingerprint density at radius 2 is 1.95 bits per heavy atom. The monoisotopic (exact) mass is 298 g/mol. The van der Waals surface area contributed by atoms with Crippen molar-refractivity contribution in [2.45, 2.75) is 20.4 Å². The summed E-state index contributed by atoms with van der Waals surface area (Å²) in [6, 6.07) is 10.5. The molecule has 5 heteroatoms. The maximum Gasteiger partial charge on any atom is 0.134 e. The number of benzene rings is 1. The Morgan fingerprint density at radius 1 is 1.14 bits per heavy atom. The first-order valence-electron chi connectivity index (χ1n) is 7.68. The smallest absolute Gasteiger partial charge is 0.134 e. The van der Waals surface area contributed by atoms with E-state index >= 15 is 0 Å². The number of aryl methyl sites for hydroxylation is 2. The quantitative estimate of drug-likeness (QED) is 0.940. The zero-order valence-corrected chi connectivity index (χ0v) is 13.2. The maximum absolute atomic E-state index is 5.40. The van der Waals surface area contributed by atoms with Crippen LogP contribution in [0.15, 0.2) is 30.3 Å². The van der Waals surface area contributed by atoms with Gasteiger partial charge in [-0.3, -0.25) is 0 Å². The molecule has 0 radical (unpaired) electrons. The fourth-order valence-corrected chi connectivity index (χ4v) is 2.61. The van der Waals surface area contributed by atoms with Gasteiger partial charge in [0.2, 0.25) is 0 Å². The molecule has 0 unspecified atom stereocenters. The van der Waals surface area contributed by atoms with Gasteiger partial charge in [0.1, 0.15) is 17.5 Å². The summed E-state index contributed by atoms with van der Waals surface area (Å²) < 4.78 is 5.40. The Hall–Kier alpha value is -2.14. The number of nitrogens with one attached hydrogen (secondary N) is 1. The van der Waals surface area contributed by atoms with Gasteiger partial charge >= 0.3 is 0 Å². The van der Waals surface area contributed by atoms with Gasteiger partial charge in [-0.15, -0.1) is 0 Å². The molecule has 0 spiro atoms. The van der Waals surface area contributed by atoms with E-state index in [2.05, 4.69) is 51.4 Å². The van der Waals surface area contributed by atoms with Gasteiger partial charge in [-0.05, 0) is 19.4 Å². The average Bonchev–Trinajstić information content (AvgIpc) is 2.53. The van der Waals surface area contributed by atoms with Gasteiger partial charge in [-0.1, -0.05) is 29.8 Å². The molecule has 1 N–H and O–H groups in total. The summed E-state index contributed by atoms with van der Waals surface area (Å²) in [4.78, 5) is 11.3. The van der Waals surface area contributed by atoms with Crippen LogP contribution in [0, 0.1) is 13.8 Å². The van der Waals surface area contributed by atoms with Crippen LogP contribution in [0.4, 0.5) is 11.6 Å². The third-order valence-corrected chi connectivity index (χ3v) is 3.72. The number of hydrogen-bond donors (Lipinski definition) is 1. The number of anilines is 2. The zero-order valence-electron chi connectivity index (χ0n) is 13.2. The molecular weight excluding hydrogens is 276 g/mol. The van der Waals surface area contributed by atoms with Crippen molar-refractivity contribution in [1.82, 2.24) is 9.97 Å². The molecule has 1 aliphatic heterocycles. The summed E-state index contributed by atoms with van der Waals surface area (Å²) in [5, 5.41) is 3.40. The van der Waals surface area contributed by atoms with Crippen LogP contribution in [-0.4, -0.2) is 36.3 Å². The number of hydrogen-bond acceptors (Lipinski definition) is 5. The van der Waals surface area contributed by atoms with Crippen molar-refractivity contribution < 1.29 is 4.74 Å². The highest BCUT2D eigenvalue weighted by Gasteiger charge is 2.14. The normalized spacial score (nSPS) is 14.9. The lowest BCUT2D eigenvalue weighted by Gasteiger charge is -2.28. The second-order valence-corrected chi connectivity index (χ2v) is 5.60. The largest absolute Gasteiger partial charge is 0.378 e. The first kappa shape index (κ1) is 14.8. The van der Waals surface area contributed by atoms with E-state index in [9.17, 15) is 0 Å². The van der Waals surface area contributed by atoms with E-state index in [1.807, 2.05) is 13.0 Å². The highest BCUT2D eigenvalue weighted by molar-refractivity contribution is 5.50. The molecule has 1 saturated heterocycles. The summed E-state index contributed by atoms with van der Waals surface area (Å²) in [6.07, 6.45) is 0. The fraction of sp³-hybridized carbons (Fsp3) is 0.412. The minimum atomic E-state index is 0.759. The molecule has 2 heterocycles. The molecule has 5 nitrogen and oxygen atoms in total. The van der Waals surface area contributed by atoms with Crippen LogP contribution in [0.5, 0.6) is 0 Å². The van der Waals surface area contributed by atoms with Crippen LogP contribution in [0.3, 0.4) is 0 Å². The van der Waals surface area contributed by atoms with Gasteiger partial charge in [0, 0.05) is 25.7 Å². The molecule has 22 heavy (non-hydrogen) atoms. The lowest BCUT2D eigenvalue weighted by molar-refractivity contribution is 0.122. The highest BCUT2D eigenvalue weighted by atomic mass is 16.5. The second-order valence-electron chi connectivity index (χ2n) is 5.60. The van der Waals surface area contributed by atoms with Gasteiger partial charge in [0.05, 0.1) is 13.2 Å². The van der Waals surface area contributed by atoms with Crippen molar-refractivity contribution in [2.75, 3.05) is 36.5 Å². The summed E-state index contributed by atoms with van der Waals surface area (Å²) in [7, 11) is 0. The van der Waals surface area contributed by atoms with Gasteiger partial charge in [-0.2, -0.15) is 0 Å². The molecular formula is C17H22N4O. The van der Waals surface area contributed by atoms with E-state index in [1.54, 1.807) is 0 Å². The minimum absolute atomic E-state index is 0.759. The Morgan fingerprint density at radius 3 is 2.73 bits per heavy atom. The van der Waals surface area contributed by atoms with Crippen molar-refractivity contribution in [3.63, 3.8) is 0 Å². The molecule has 0 atom stereocenters. The third-order valence-electron chi connectivity index (χ3n) is 3.72. The molecule has 0 bridgehead atoms. The predicted octanol–water partition coefficient (Wildman–Crippen LogP) is 2.54. The van der Waals surface area contributed by atoms with E-state index in [1.165, 1.54) is 11.1 Å². The van der Waals surface area contributed by atoms with Crippen LogP contribution in [0.1, 0.15) is 17.0 Å². The van der Waals surface area contributed by atoms with Crippen LogP contribution in [0.25, 0.3) is 0 Å². The molecule has 1 fully saturated rings. The van der Waals surface area contributed by atoms with E-state index in [-0.39, 0.29) is 0 Å². The highest BCUT2D eigenvalue weighted by Crippen LogP contribution is 2.18. The van der Waals surface area contributed by atoms with Crippen molar-refractivity contribution in [1.29, 1.82) is 0 Å². The molecule has 1 aromatic carbocycles. The van der Waals surface area contributed by atoms with Crippen molar-refractivity contribution in [2.24, 2.45) is 0 Å². The first-order valence-corrected chi connectivity index (χ1v) is 7.68. The average molecular weight is 298 g/mol. The summed E-state index contributed by atoms with van der Waals surface area (Å²) >= 11 is 0. The number of aromatic nitrogens is 2. The minimum Gasteiger partial charge on any atom is -0.378 e. The van der Waals surface area contributed by atoms with Crippen LogP contribution in [0.2, 0.25) is 0 Å². The number of ether oxygens (including phenoxy) is 1. The topological polar surface area (TPSA) is 50.3 Å². The molecule has 1 aromatic heterocycles. The lowest BCUT2D eigenvalue weighted by atomic mass is 10.1. The Bertz CT molecular complexity index is 638. The molecule has 1 aliphatic rings. The molecule has 3 rings (SSSR count). The first-order chi connectivity index (χ1) is 10.7. The zero-order chi connectivity index (χ0) is 15.4. The molecule has 2 aromatic rings. The Labute approximate surface area is 131 Å². The van der Waals surface area contributed by atoms with Gasteiger partial charge in [-0.25, -0.2) is 9.97 Å². The number of morpholine rings is 1. The fourth-order valence-electron chi connectivity index (χ4n) is 2.61. The van der Waals surface area contributed by atoms with Crippen molar-refractivity contribution in [3.8, 4) is 0 Å². The molecule has 0 amide bonds. The van der Waals surface area contributed by atoms with Crippen LogP contribution < -0.4 is 10.2 Å². The van der Waals surface area contributed by atoms with Crippen molar-refractivity contribution >= 4 is 11.6 Å². The van der Waals surface area contributed by atoms with E-state index in [0.717, 1.165) is 50.3 Å². The van der Waals surface area contributed by atoms with E-state index in [0.29, 0.717) is 0 Å².